The molecule has 1 nitrogen and oxygen atoms in total. The fourth-order valence-electron chi connectivity index (χ4n) is 2.12. The predicted octanol–water partition coefficient (Wildman–Crippen LogP) is 4.94. The second-order valence-electron chi connectivity index (χ2n) is 4.50. The lowest BCUT2D eigenvalue weighted by atomic mass is 9.75. The van der Waals surface area contributed by atoms with Gasteiger partial charge < -0.3 is 0 Å². The minimum atomic E-state index is -5.83. The Bertz CT molecular complexity index is 696. The average Bonchev–Trinajstić information content (AvgIpc) is 2.46. The number of rotatable bonds is 1. The average molecular weight is 321 g/mol. The van der Waals surface area contributed by atoms with E-state index < -0.39 is 40.8 Å². The molecular formula is C14H6F7N. The quantitative estimate of drug-likeness (QED) is 0.672. The summed E-state index contributed by atoms with van der Waals surface area (Å²) in [7, 11) is 0. The molecule has 0 spiro atoms. The Hall–Kier alpha value is -2.30. The van der Waals surface area contributed by atoms with Crippen molar-refractivity contribution >= 4 is 5.57 Å². The third kappa shape index (κ3) is 2.00. The number of allylic oxidation sites excluding steroid dienone is 4. The molecule has 0 heterocycles. The van der Waals surface area contributed by atoms with Crippen LogP contribution in [-0.2, 0) is 0 Å². The van der Waals surface area contributed by atoms with Crippen molar-refractivity contribution in [3.05, 3.63) is 53.4 Å². The van der Waals surface area contributed by atoms with Crippen LogP contribution in [0.2, 0.25) is 0 Å². The van der Waals surface area contributed by atoms with E-state index in [9.17, 15) is 30.7 Å². The molecule has 0 N–H and O–H groups in total. The topological polar surface area (TPSA) is 23.8 Å². The summed E-state index contributed by atoms with van der Waals surface area (Å²) in [4.78, 5) is 0. The number of nitriles is 1. The van der Waals surface area contributed by atoms with E-state index in [-0.39, 0.29) is 5.56 Å². The van der Waals surface area contributed by atoms with Gasteiger partial charge in [-0.25, -0.2) is 17.6 Å². The molecule has 2 atom stereocenters. The smallest absolute Gasteiger partial charge is 0.237 e. The summed E-state index contributed by atoms with van der Waals surface area (Å²) >= 11 is 0. The predicted molar refractivity (Wildman–Crippen MR) is 62.7 cm³/mol. The van der Waals surface area contributed by atoms with Gasteiger partial charge >= 0.3 is 6.18 Å². The molecule has 2 rings (SSSR count). The zero-order valence-corrected chi connectivity index (χ0v) is 10.6. The summed E-state index contributed by atoms with van der Waals surface area (Å²) in [5.74, 6) is -7.10. The molecule has 0 radical (unpaired) electrons. The Morgan fingerprint density at radius 2 is 1.59 bits per heavy atom. The first-order valence-electron chi connectivity index (χ1n) is 5.81. The van der Waals surface area contributed by atoms with Gasteiger partial charge in [0.2, 0.25) is 5.41 Å². The second-order valence-corrected chi connectivity index (χ2v) is 4.50. The highest BCUT2D eigenvalue weighted by molar-refractivity contribution is 5.82. The zero-order chi connectivity index (χ0) is 16.7. The minimum absolute atomic E-state index is 0.343. The second kappa shape index (κ2) is 5.16. The van der Waals surface area contributed by atoms with Crippen LogP contribution in [-0.4, -0.2) is 12.3 Å². The van der Waals surface area contributed by atoms with E-state index in [1.54, 1.807) is 0 Å². The fraction of sp³-hybridized carbons (Fsp3) is 0.214. The lowest BCUT2D eigenvalue weighted by molar-refractivity contribution is -0.212. The molecule has 1 aromatic carbocycles. The standard InChI is InChI=1S/C14H6F7N/c15-9-8(7-4-2-1-3-5-7)10(16)12(18)13(6-22,11(9)17)14(19,20)21/h1-5,11H. The number of alkyl halides is 4. The van der Waals surface area contributed by atoms with Crippen molar-refractivity contribution < 1.29 is 30.7 Å². The molecule has 2 unspecified atom stereocenters. The van der Waals surface area contributed by atoms with Gasteiger partial charge in [-0.05, 0) is 5.56 Å². The van der Waals surface area contributed by atoms with E-state index in [0.29, 0.717) is 6.07 Å². The maximum absolute atomic E-state index is 14.0. The van der Waals surface area contributed by atoms with E-state index in [0.717, 1.165) is 12.1 Å². The van der Waals surface area contributed by atoms with Crippen molar-refractivity contribution in [2.45, 2.75) is 12.3 Å². The highest BCUT2D eigenvalue weighted by atomic mass is 19.4. The van der Waals surface area contributed by atoms with Crippen LogP contribution in [0.5, 0.6) is 0 Å². The van der Waals surface area contributed by atoms with Gasteiger partial charge in [0.1, 0.15) is 5.83 Å². The number of benzene rings is 1. The molecule has 0 bridgehead atoms. The van der Waals surface area contributed by atoms with Crippen molar-refractivity contribution in [3.63, 3.8) is 0 Å². The van der Waals surface area contributed by atoms with E-state index in [1.807, 2.05) is 0 Å². The third-order valence-electron chi connectivity index (χ3n) is 3.29. The van der Waals surface area contributed by atoms with Gasteiger partial charge in [0, 0.05) is 0 Å². The van der Waals surface area contributed by atoms with Crippen LogP contribution in [0, 0.1) is 16.7 Å². The first-order valence-corrected chi connectivity index (χ1v) is 5.81. The van der Waals surface area contributed by atoms with Crippen LogP contribution in [0.1, 0.15) is 5.56 Å². The highest BCUT2D eigenvalue weighted by Gasteiger charge is 2.69. The van der Waals surface area contributed by atoms with Crippen molar-refractivity contribution in [2.75, 3.05) is 0 Å². The van der Waals surface area contributed by atoms with Gasteiger partial charge in [-0.15, -0.1) is 0 Å². The van der Waals surface area contributed by atoms with Crippen molar-refractivity contribution in [3.8, 4) is 6.07 Å². The first kappa shape index (κ1) is 16.1. The van der Waals surface area contributed by atoms with Gasteiger partial charge in [-0.1, -0.05) is 30.3 Å². The number of halogens is 7. The van der Waals surface area contributed by atoms with Crippen LogP contribution in [0.25, 0.3) is 5.57 Å². The molecule has 0 aromatic heterocycles. The van der Waals surface area contributed by atoms with E-state index >= 15 is 0 Å². The summed E-state index contributed by atoms with van der Waals surface area (Å²) < 4.78 is 94.4. The van der Waals surface area contributed by atoms with Crippen LogP contribution < -0.4 is 0 Å². The Kier molecular flexibility index (Phi) is 3.77. The van der Waals surface area contributed by atoms with Crippen LogP contribution in [0.4, 0.5) is 30.7 Å². The largest absolute Gasteiger partial charge is 0.416 e. The van der Waals surface area contributed by atoms with Gasteiger partial charge in [0.15, 0.2) is 17.8 Å². The van der Waals surface area contributed by atoms with Gasteiger partial charge in [0.05, 0.1) is 11.6 Å². The molecule has 0 aliphatic heterocycles. The normalized spacial score (nSPS) is 26.2. The van der Waals surface area contributed by atoms with Gasteiger partial charge in [-0.3, -0.25) is 0 Å². The van der Waals surface area contributed by atoms with E-state index in [4.69, 9.17) is 5.26 Å². The molecule has 0 amide bonds. The number of hydrogen-bond donors (Lipinski definition) is 0. The summed E-state index contributed by atoms with van der Waals surface area (Å²) in [6.45, 7) is 0. The van der Waals surface area contributed by atoms with Crippen LogP contribution in [0.15, 0.2) is 47.8 Å². The molecule has 0 saturated heterocycles. The molecule has 0 saturated carbocycles. The summed E-state index contributed by atoms with van der Waals surface area (Å²) in [6.07, 6.45) is -9.53. The van der Waals surface area contributed by atoms with Crippen molar-refractivity contribution in [2.24, 2.45) is 5.41 Å². The Morgan fingerprint density at radius 3 is 2.05 bits per heavy atom. The van der Waals surface area contributed by atoms with Gasteiger partial charge in [0.25, 0.3) is 0 Å². The fourth-order valence-corrected chi connectivity index (χ4v) is 2.12. The highest BCUT2D eigenvalue weighted by Crippen LogP contribution is 2.56. The number of hydrogen-bond acceptors (Lipinski definition) is 1. The molecular weight excluding hydrogens is 315 g/mol. The third-order valence-corrected chi connectivity index (χ3v) is 3.29. The monoisotopic (exact) mass is 321 g/mol. The molecule has 0 fully saturated rings. The summed E-state index contributed by atoms with van der Waals surface area (Å²) in [6, 6.07) is 6.48. The summed E-state index contributed by atoms with van der Waals surface area (Å²) in [5.41, 5.74) is -6.14. The molecule has 1 aromatic rings. The van der Waals surface area contributed by atoms with E-state index in [2.05, 4.69) is 0 Å². The first-order chi connectivity index (χ1) is 10.2. The van der Waals surface area contributed by atoms with E-state index in [1.165, 1.54) is 18.2 Å². The molecule has 1 aliphatic carbocycles. The van der Waals surface area contributed by atoms with Crippen LogP contribution in [0.3, 0.4) is 0 Å². The summed E-state index contributed by atoms with van der Waals surface area (Å²) in [5, 5.41) is 8.57. The Labute approximate surface area is 120 Å². The molecule has 8 heteroatoms. The molecule has 22 heavy (non-hydrogen) atoms. The van der Waals surface area contributed by atoms with Crippen LogP contribution >= 0.6 is 0 Å². The van der Waals surface area contributed by atoms with Gasteiger partial charge in [-0.2, -0.15) is 18.4 Å². The molecule has 1 aliphatic rings. The van der Waals surface area contributed by atoms with Crippen molar-refractivity contribution in [1.82, 2.24) is 0 Å². The maximum atomic E-state index is 14.0. The Balaban J connectivity index is 2.76. The number of nitrogens with zero attached hydrogens (tertiary/aromatic N) is 1. The maximum Gasteiger partial charge on any atom is 0.416 e. The zero-order valence-electron chi connectivity index (χ0n) is 10.6. The lowest BCUT2D eigenvalue weighted by Crippen LogP contribution is -2.48. The Morgan fingerprint density at radius 1 is 1.05 bits per heavy atom. The molecule has 116 valence electrons. The lowest BCUT2D eigenvalue weighted by Gasteiger charge is -2.33. The van der Waals surface area contributed by atoms with Crippen molar-refractivity contribution in [1.29, 1.82) is 5.26 Å². The SMILES string of the molecule is N#CC1(C(F)(F)F)C(F)=C(F)C(c2ccccc2)=C(F)C1F. The minimum Gasteiger partial charge on any atom is -0.237 e.